The molecule has 296 valence electrons. The van der Waals surface area contributed by atoms with Crippen molar-refractivity contribution in [3.63, 3.8) is 0 Å². The fourth-order valence-electron chi connectivity index (χ4n) is 5.13. The normalized spacial score (nSPS) is 14.1. The minimum Gasteiger partial charge on any atom is -0.480 e. The summed E-state index contributed by atoms with van der Waals surface area (Å²) in [5.74, 6) is -4.61. The van der Waals surface area contributed by atoms with Crippen LogP contribution in [0.4, 0.5) is 22.7 Å². The smallest absolute Gasteiger partial charge is 0.325 e. The van der Waals surface area contributed by atoms with Crippen molar-refractivity contribution in [2.45, 2.75) is 86.0 Å². The summed E-state index contributed by atoms with van der Waals surface area (Å²) in [5.41, 5.74) is 1.94. The third kappa shape index (κ3) is 14.2. The highest BCUT2D eigenvalue weighted by molar-refractivity contribution is 5.95. The number of nitro benzene ring substituents is 1. The zero-order valence-corrected chi connectivity index (χ0v) is 32.2. The van der Waals surface area contributed by atoms with Crippen molar-refractivity contribution >= 4 is 52.3 Å². The van der Waals surface area contributed by atoms with Crippen LogP contribution < -0.4 is 26.2 Å². The summed E-state index contributed by atoms with van der Waals surface area (Å²) in [5, 5.41) is 38.8. The number of ether oxygens (including phenoxy) is 1. The summed E-state index contributed by atoms with van der Waals surface area (Å²) in [4.78, 5) is 76.3. The van der Waals surface area contributed by atoms with E-state index in [2.05, 4.69) is 31.5 Å². The summed E-state index contributed by atoms with van der Waals surface area (Å²) in [6.07, 6.45) is 0.522. The highest BCUT2D eigenvalue weighted by Gasteiger charge is 2.34. The average molecular weight is 755 g/mol. The van der Waals surface area contributed by atoms with Gasteiger partial charge in [-0.25, -0.2) is 0 Å². The Kier molecular flexibility index (Phi) is 18.2. The molecule has 0 fully saturated rings. The molecule has 0 spiro atoms. The van der Waals surface area contributed by atoms with E-state index in [1.165, 1.54) is 31.2 Å². The number of carbonyl (C=O) groups is 5. The molecule has 5 atom stereocenters. The molecule has 17 nitrogen and oxygen atoms in total. The second-order valence-corrected chi connectivity index (χ2v) is 13.6. The van der Waals surface area contributed by atoms with Crippen molar-refractivity contribution in [1.29, 1.82) is 0 Å². The van der Waals surface area contributed by atoms with Crippen LogP contribution in [0.25, 0.3) is 0 Å². The van der Waals surface area contributed by atoms with Gasteiger partial charge in [-0.2, -0.15) is 10.2 Å². The Hall–Kier alpha value is -5.45. The van der Waals surface area contributed by atoms with Gasteiger partial charge in [0.05, 0.1) is 22.9 Å². The molecule has 0 aliphatic carbocycles. The maximum absolute atomic E-state index is 13.4. The van der Waals surface area contributed by atoms with Crippen molar-refractivity contribution in [2.24, 2.45) is 28.0 Å². The van der Waals surface area contributed by atoms with Crippen LogP contribution in [0, 0.1) is 27.9 Å². The van der Waals surface area contributed by atoms with Crippen molar-refractivity contribution in [2.75, 3.05) is 31.2 Å². The lowest BCUT2D eigenvalue weighted by atomic mass is 9.95. The Balaban J connectivity index is 1.94. The molecule has 0 unspecified atom stereocenters. The minimum absolute atomic E-state index is 0.0298. The van der Waals surface area contributed by atoms with Crippen LogP contribution in [-0.4, -0.2) is 90.1 Å². The van der Waals surface area contributed by atoms with Gasteiger partial charge in [-0.05, 0) is 68.0 Å². The number of azo groups is 1. The highest BCUT2D eigenvalue weighted by Crippen LogP contribution is 2.24. The Morgan fingerprint density at radius 2 is 1.24 bits per heavy atom. The molecule has 0 aliphatic heterocycles. The van der Waals surface area contributed by atoms with Crippen LogP contribution in [0.15, 0.2) is 58.8 Å². The van der Waals surface area contributed by atoms with Gasteiger partial charge in [0.25, 0.3) is 5.69 Å². The molecular formula is C37H54N8O9. The van der Waals surface area contributed by atoms with Crippen LogP contribution in [0.5, 0.6) is 0 Å². The molecule has 2 aromatic rings. The summed E-state index contributed by atoms with van der Waals surface area (Å²) in [6.45, 7) is 14.9. The summed E-state index contributed by atoms with van der Waals surface area (Å²) >= 11 is 0. The van der Waals surface area contributed by atoms with Gasteiger partial charge in [-0.3, -0.25) is 34.1 Å². The molecule has 0 aliphatic rings. The third-order valence-corrected chi connectivity index (χ3v) is 8.71. The van der Waals surface area contributed by atoms with Gasteiger partial charge in [0.1, 0.15) is 30.8 Å². The predicted molar refractivity (Wildman–Crippen MR) is 203 cm³/mol. The number of carbonyl (C=O) groups excluding carboxylic acids is 4. The average Bonchev–Trinajstić information content (AvgIpc) is 3.13. The monoisotopic (exact) mass is 754 g/mol. The van der Waals surface area contributed by atoms with Crippen molar-refractivity contribution in [3.8, 4) is 0 Å². The number of non-ortho nitro benzene ring substituents is 1. The quantitative estimate of drug-likeness (QED) is 0.0496. The second-order valence-electron chi connectivity index (χ2n) is 13.6. The molecule has 54 heavy (non-hydrogen) atoms. The molecule has 0 heterocycles. The highest BCUT2D eigenvalue weighted by atomic mass is 16.6. The predicted octanol–water partition coefficient (Wildman–Crippen LogP) is 4.25. The Morgan fingerprint density at radius 1 is 0.759 bits per heavy atom. The minimum atomic E-state index is -1.22. The van der Waals surface area contributed by atoms with Gasteiger partial charge < -0.3 is 36.0 Å². The number of likely N-dealkylation sites (N-methyl/N-ethyl adjacent to an activating group) is 1. The number of aliphatic carboxylic acids is 1. The lowest BCUT2D eigenvalue weighted by Crippen LogP contribution is -2.60. The first-order chi connectivity index (χ1) is 25.5. The van der Waals surface area contributed by atoms with Crippen LogP contribution in [0.2, 0.25) is 0 Å². The number of hydrogen-bond donors (Lipinski definition) is 5. The molecule has 5 N–H and O–H groups in total. The number of amides is 4. The third-order valence-electron chi connectivity index (χ3n) is 8.71. The molecule has 4 amide bonds. The zero-order chi connectivity index (χ0) is 40.5. The summed E-state index contributed by atoms with van der Waals surface area (Å²) in [7, 11) is 0. The standard InChI is InChI=1S/C37H54N8O9/c1-9-24(7)33(36(49)38-25(8)37(50)51)41-35(48)32(23(5)6)40-34(47)31(22(3)4)39-30(46)21-54-20-19-44(10-2)28-15-11-26(12-16-28)42-43-27-13-17-29(18-14-27)45(52)53/h11-18,22-25,31-33H,9-10,19-21H2,1-8H3,(H,38,49)(H,39,46)(H,40,47)(H,41,48)(H,50,51)/t24-,25-,31-,32-,33-/m0/s1. The number of carboxylic acids is 1. The molecular weight excluding hydrogens is 700 g/mol. The Labute approximate surface area is 315 Å². The van der Waals surface area contributed by atoms with E-state index in [0.29, 0.717) is 30.9 Å². The molecule has 0 radical (unpaired) electrons. The Morgan fingerprint density at radius 3 is 1.70 bits per heavy atom. The van der Waals surface area contributed by atoms with Crippen LogP contribution in [0.3, 0.4) is 0 Å². The molecule has 2 rings (SSSR count). The van der Waals surface area contributed by atoms with Crippen LogP contribution >= 0.6 is 0 Å². The van der Waals surface area contributed by atoms with Crippen LogP contribution in [0.1, 0.15) is 61.8 Å². The molecule has 0 saturated heterocycles. The lowest BCUT2D eigenvalue weighted by Gasteiger charge is -2.30. The van der Waals surface area contributed by atoms with Crippen LogP contribution in [-0.2, 0) is 28.7 Å². The van der Waals surface area contributed by atoms with Gasteiger partial charge in [-0.1, -0.05) is 48.0 Å². The molecule has 2 aromatic carbocycles. The molecule has 17 heteroatoms. The largest absolute Gasteiger partial charge is 0.480 e. The number of nitrogens with zero attached hydrogens (tertiary/aromatic N) is 4. The second kappa shape index (κ2) is 21.9. The fourth-order valence-corrected chi connectivity index (χ4v) is 5.13. The zero-order valence-electron chi connectivity index (χ0n) is 32.2. The van der Waals surface area contributed by atoms with E-state index < -0.39 is 58.7 Å². The number of nitro groups is 1. The molecule has 0 aromatic heterocycles. The van der Waals surface area contributed by atoms with E-state index in [-0.39, 0.29) is 36.7 Å². The number of rotatable bonds is 22. The maximum Gasteiger partial charge on any atom is 0.325 e. The SMILES string of the molecule is CC[C@H](C)[C@H](NC(=O)[C@@H](NC(=O)[C@@H](NC(=O)COCCN(CC)c1ccc(N=Nc2ccc([N+](=O)[O-])cc2)cc1)C(C)C)C(C)C)C(=O)N[C@@H](C)C(=O)O. The number of benzene rings is 2. The van der Waals surface area contributed by atoms with Gasteiger partial charge in [0.2, 0.25) is 23.6 Å². The maximum atomic E-state index is 13.4. The van der Waals surface area contributed by atoms with Gasteiger partial charge in [-0.15, -0.1) is 0 Å². The number of anilines is 1. The Bertz CT molecular complexity index is 1600. The van der Waals surface area contributed by atoms with E-state index in [4.69, 9.17) is 4.74 Å². The number of hydrogen-bond acceptors (Lipinski definition) is 11. The number of carboxylic acid groups (broad SMARTS) is 1. The molecule has 0 bridgehead atoms. The molecule has 0 saturated carbocycles. The summed E-state index contributed by atoms with van der Waals surface area (Å²) < 4.78 is 5.64. The number of nitrogens with one attached hydrogen (secondary N) is 4. The lowest BCUT2D eigenvalue weighted by molar-refractivity contribution is -0.384. The topological polar surface area (TPSA) is 234 Å². The first-order valence-corrected chi connectivity index (χ1v) is 18.0. The van der Waals surface area contributed by atoms with Crippen molar-refractivity contribution in [3.05, 3.63) is 58.6 Å². The van der Waals surface area contributed by atoms with E-state index in [1.807, 2.05) is 30.9 Å². The first kappa shape index (κ1) is 44.7. The van der Waals surface area contributed by atoms with E-state index in [1.54, 1.807) is 46.8 Å². The van der Waals surface area contributed by atoms with E-state index >= 15 is 0 Å². The summed E-state index contributed by atoms with van der Waals surface area (Å²) in [6, 6.07) is 8.84. The van der Waals surface area contributed by atoms with Crippen molar-refractivity contribution in [1.82, 2.24) is 21.3 Å². The first-order valence-electron chi connectivity index (χ1n) is 18.0. The van der Waals surface area contributed by atoms with Gasteiger partial charge in [0, 0.05) is 30.9 Å². The van der Waals surface area contributed by atoms with Crippen molar-refractivity contribution < 1.29 is 38.7 Å². The van der Waals surface area contributed by atoms with E-state index in [9.17, 15) is 39.2 Å². The van der Waals surface area contributed by atoms with E-state index in [0.717, 1.165) is 5.69 Å². The fraction of sp³-hybridized carbons (Fsp3) is 0.541. The van der Waals surface area contributed by atoms with Gasteiger partial charge in [0.15, 0.2) is 0 Å². The van der Waals surface area contributed by atoms with Gasteiger partial charge >= 0.3 is 5.97 Å².